The van der Waals surface area contributed by atoms with Gasteiger partial charge in [0.25, 0.3) is 5.92 Å². The number of alkyl halides is 2. The standard InChI is InChI=1S/C22H20F2N2OS/c1-15-12-20(21-25-28-11-10-26(21)14-15)16-6-8-18(9-7-16)27-19-5-3-4-17(13-19)22(2,23)24/h3-9,12-14H,10-11H2,1-2H3. The Kier molecular flexibility index (Phi) is 4.98. The van der Waals surface area contributed by atoms with Gasteiger partial charge in [0.1, 0.15) is 17.3 Å². The van der Waals surface area contributed by atoms with Crippen LogP contribution in [0.1, 0.15) is 25.0 Å². The summed E-state index contributed by atoms with van der Waals surface area (Å²) in [5.41, 5.74) is 3.23. The number of rotatable bonds is 4. The van der Waals surface area contributed by atoms with Gasteiger partial charge in [0.2, 0.25) is 0 Å². The first-order valence-corrected chi connectivity index (χ1v) is 9.98. The van der Waals surface area contributed by atoms with Crippen LogP contribution >= 0.6 is 11.9 Å². The molecule has 2 aliphatic rings. The van der Waals surface area contributed by atoms with Gasteiger partial charge in [-0.15, -0.1) is 0 Å². The summed E-state index contributed by atoms with van der Waals surface area (Å²) in [4.78, 5) is 2.18. The van der Waals surface area contributed by atoms with Crippen LogP contribution in [0.4, 0.5) is 8.78 Å². The molecule has 0 N–H and O–H groups in total. The van der Waals surface area contributed by atoms with E-state index in [4.69, 9.17) is 4.74 Å². The van der Waals surface area contributed by atoms with E-state index in [0.29, 0.717) is 11.5 Å². The highest BCUT2D eigenvalue weighted by molar-refractivity contribution is 7.98. The predicted octanol–water partition coefficient (Wildman–Crippen LogP) is 6.25. The molecule has 0 aliphatic carbocycles. The number of amidine groups is 1. The Hall–Kier alpha value is -2.60. The summed E-state index contributed by atoms with van der Waals surface area (Å²) in [5.74, 6) is 0.0337. The molecule has 2 aromatic carbocycles. The molecule has 0 aromatic heterocycles. The lowest BCUT2D eigenvalue weighted by Gasteiger charge is -2.30. The van der Waals surface area contributed by atoms with E-state index >= 15 is 0 Å². The van der Waals surface area contributed by atoms with Gasteiger partial charge in [-0.1, -0.05) is 24.3 Å². The monoisotopic (exact) mass is 398 g/mol. The van der Waals surface area contributed by atoms with Gasteiger partial charge >= 0.3 is 0 Å². The predicted molar refractivity (Wildman–Crippen MR) is 111 cm³/mol. The first-order chi connectivity index (χ1) is 13.4. The lowest BCUT2D eigenvalue weighted by Crippen LogP contribution is -2.33. The van der Waals surface area contributed by atoms with Gasteiger partial charge in [0.05, 0.1) is 0 Å². The maximum atomic E-state index is 13.5. The molecule has 0 bridgehead atoms. The van der Waals surface area contributed by atoms with Crippen LogP contribution < -0.4 is 4.74 Å². The first-order valence-electron chi connectivity index (χ1n) is 9.04. The number of fused-ring (bicyclic) bond motifs is 1. The lowest BCUT2D eigenvalue weighted by atomic mass is 9.99. The lowest BCUT2D eigenvalue weighted by molar-refractivity contribution is 0.0173. The van der Waals surface area contributed by atoms with Crippen LogP contribution in [0.3, 0.4) is 0 Å². The van der Waals surface area contributed by atoms with Crippen molar-refractivity contribution in [3.8, 4) is 11.5 Å². The quantitative estimate of drug-likeness (QED) is 0.569. The molecule has 28 heavy (non-hydrogen) atoms. The molecule has 2 heterocycles. The molecule has 3 nitrogen and oxygen atoms in total. The summed E-state index contributed by atoms with van der Waals surface area (Å²) >= 11 is 1.58. The Balaban J connectivity index is 1.56. The zero-order valence-electron chi connectivity index (χ0n) is 15.7. The van der Waals surface area contributed by atoms with Gasteiger partial charge in [-0.05, 0) is 60.3 Å². The van der Waals surface area contributed by atoms with Crippen LogP contribution in [-0.2, 0) is 5.92 Å². The zero-order chi connectivity index (χ0) is 19.7. The molecule has 144 valence electrons. The van der Waals surface area contributed by atoms with E-state index < -0.39 is 5.92 Å². The Morgan fingerprint density at radius 3 is 2.64 bits per heavy atom. The van der Waals surface area contributed by atoms with Gasteiger partial charge in [-0.2, -0.15) is 4.40 Å². The normalized spacial score (nSPS) is 16.7. The molecule has 0 fully saturated rings. The van der Waals surface area contributed by atoms with Crippen molar-refractivity contribution in [1.29, 1.82) is 0 Å². The number of hydrogen-bond acceptors (Lipinski definition) is 4. The number of allylic oxidation sites excluding steroid dienone is 2. The van der Waals surface area contributed by atoms with Gasteiger partial charge in [0, 0.05) is 36.6 Å². The molecule has 0 saturated heterocycles. The number of ether oxygens (including phenoxy) is 1. The van der Waals surface area contributed by atoms with Crippen molar-refractivity contribution in [1.82, 2.24) is 4.90 Å². The highest BCUT2D eigenvalue weighted by Gasteiger charge is 2.25. The average molecular weight is 398 g/mol. The van der Waals surface area contributed by atoms with Crippen LogP contribution in [0, 0.1) is 0 Å². The Labute approximate surface area is 167 Å². The van der Waals surface area contributed by atoms with Crippen molar-refractivity contribution in [2.24, 2.45) is 4.40 Å². The van der Waals surface area contributed by atoms with Crippen LogP contribution in [0.15, 0.2) is 70.8 Å². The molecular formula is C22H20F2N2OS. The van der Waals surface area contributed by atoms with Crippen molar-refractivity contribution < 1.29 is 13.5 Å². The summed E-state index contributed by atoms with van der Waals surface area (Å²) in [6, 6.07) is 13.7. The van der Waals surface area contributed by atoms with E-state index in [-0.39, 0.29) is 5.56 Å². The van der Waals surface area contributed by atoms with Crippen LogP contribution in [0.25, 0.3) is 5.57 Å². The van der Waals surface area contributed by atoms with Gasteiger partial charge < -0.3 is 9.64 Å². The fourth-order valence-electron chi connectivity index (χ4n) is 3.19. The summed E-state index contributed by atoms with van der Waals surface area (Å²) in [6.45, 7) is 3.90. The topological polar surface area (TPSA) is 24.8 Å². The van der Waals surface area contributed by atoms with E-state index in [2.05, 4.69) is 28.5 Å². The summed E-state index contributed by atoms with van der Waals surface area (Å²) < 4.78 is 37.4. The molecule has 0 amide bonds. The van der Waals surface area contributed by atoms with Crippen molar-refractivity contribution in [2.45, 2.75) is 19.8 Å². The van der Waals surface area contributed by atoms with Crippen LogP contribution in [0.5, 0.6) is 11.5 Å². The molecule has 0 atom stereocenters. The number of hydrogen-bond donors (Lipinski definition) is 0. The first kappa shape index (κ1) is 18.7. The minimum absolute atomic E-state index is 0.0656. The fourth-order valence-corrected chi connectivity index (χ4v) is 3.89. The van der Waals surface area contributed by atoms with Crippen molar-refractivity contribution >= 4 is 23.4 Å². The molecule has 2 aliphatic heterocycles. The third kappa shape index (κ3) is 3.97. The van der Waals surface area contributed by atoms with E-state index in [0.717, 1.165) is 36.2 Å². The SMILES string of the molecule is CC1=CN2CCSN=C2C(c2ccc(Oc3cccc(C(C)(F)F)c3)cc2)=C1. The maximum absolute atomic E-state index is 13.5. The van der Waals surface area contributed by atoms with Crippen LogP contribution in [-0.4, -0.2) is 23.0 Å². The maximum Gasteiger partial charge on any atom is 0.270 e. The van der Waals surface area contributed by atoms with Crippen LogP contribution in [0.2, 0.25) is 0 Å². The number of nitrogens with zero attached hydrogens (tertiary/aromatic N) is 2. The third-order valence-electron chi connectivity index (χ3n) is 4.56. The van der Waals surface area contributed by atoms with Gasteiger partial charge in [-0.25, -0.2) is 8.78 Å². The molecule has 0 spiro atoms. The molecule has 0 saturated carbocycles. The highest BCUT2D eigenvalue weighted by Crippen LogP contribution is 2.33. The van der Waals surface area contributed by atoms with Crippen molar-refractivity contribution in [3.63, 3.8) is 0 Å². The molecule has 0 radical (unpaired) electrons. The molecule has 4 rings (SSSR count). The molecule has 2 aromatic rings. The summed E-state index contributed by atoms with van der Waals surface area (Å²) in [7, 11) is 0. The molecule has 0 unspecified atom stereocenters. The molecular weight excluding hydrogens is 378 g/mol. The summed E-state index contributed by atoms with van der Waals surface area (Å²) in [5, 5.41) is 0. The highest BCUT2D eigenvalue weighted by atomic mass is 32.2. The Morgan fingerprint density at radius 2 is 1.89 bits per heavy atom. The summed E-state index contributed by atoms with van der Waals surface area (Å²) in [6.07, 6.45) is 4.25. The van der Waals surface area contributed by atoms with E-state index in [9.17, 15) is 8.78 Å². The molecule has 6 heteroatoms. The largest absolute Gasteiger partial charge is 0.457 e. The third-order valence-corrected chi connectivity index (χ3v) is 5.23. The van der Waals surface area contributed by atoms with E-state index in [1.165, 1.54) is 17.7 Å². The van der Waals surface area contributed by atoms with Gasteiger partial charge in [-0.3, -0.25) is 0 Å². The smallest absolute Gasteiger partial charge is 0.270 e. The Morgan fingerprint density at radius 1 is 1.11 bits per heavy atom. The second-order valence-corrected chi connectivity index (χ2v) is 7.76. The minimum atomic E-state index is -2.90. The van der Waals surface area contributed by atoms with E-state index in [1.807, 2.05) is 24.3 Å². The van der Waals surface area contributed by atoms with Gasteiger partial charge in [0.15, 0.2) is 0 Å². The second-order valence-electron chi connectivity index (χ2n) is 6.92. The number of benzene rings is 2. The van der Waals surface area contributed by atoms with Crippen molar-refractivity contribution in [2.75, 3.05) is 12.3 Å². The zero-order valence-corrected chi connectivity index (χ0v) is 16.5. The minimum Gasteiger partial charge on any atom is -0.457 e. The van der Waals surface area contributed by atoms with E-state index in [1.54, 1.807) is 24.1 Å². The fraction of sp³-hybridized carbons (Fsp3) is 0.227. The second kappa shape index (κ2) is 7.43. The number of halogens is 2. The average Bonchev–Trinajstić information content (AvgIpc) is 2.67. The Bertz CT molecular complexity index is 975. The van der Waals surface area contributed by atoms with Crippen molar-refractivity contribution in [3.05, 3.63) is 77.5 Å².